The molecule has 0 fully saturated rings. The van der Waals surface area contributed by atoms with Gasteiger partial charge in [-0.3, -0.25) is 0 Å². The Morgan fingerprint density at radius 3 is 2.55 bits per heavy atom. The van der Waals surface area contributed by atoms with Gasteiger partial charge >= 0.3 is 0 Å². The van der Waals surface area contributed by atoms with Crippen molar-refractivity contribution in [2.75, 3.05) is 19.4 Å². The average Bonchev–Trinajstić information content (AvgIpc) is 1.85. The van der Waals surface area contributed by atoms with Crippen LogP contribution in [-0.4, -0.2) is 44.1 Å². The summed E-state index contributed by atoms with van der Waals surface area (Å²) < 4.78 is 24.6. The Labute approximate surface area is 64.9 Å². The minimum atomic E-state index is -3.53. The van der Waals surface area contributed by atoms with Crippen molar-refractivity contribution in [3.05, 3.63) is 0 Å². The molecule has 68 valence electrons. The van der Waals surface area contributed by atoms with Crippen LogP contribution in [0.2, 0.25) is 0 Å². The van der Waals surface area contributed by atoms with Gasteiger partial charge in [0.15, 0.2) is 0 Å². The average molecular weight is 185 g/mol. The van der Waals surface area contributed by atoms with E-state index in [1.165, 1.54) is 0 Å². The number of hydrogen-bond donors (Lipinski definition) is 3. The van der Waals surface area contributed by atoms with Crippen molar-refractivity contribution < 1.29 is 22.9 Å². The van der Waals surface area contributed by atoms with Crippen LogP contribution in [0.1, 0.15) is 0 Å². The molecule has 0 amide bonds. The zero-order chi connectivity index (χ0) is 8.91. The van der Waals surface area contributed by atoms with E-state index in [1.807, 2.05) is 5.48 Å². The third-order valence-corrected chi connectivity index (χ3v) is 1.16. The molecule has 0 rings (SSSR count). The largest absolute Gasteiger partial charge is 0.394 e. The molecule has 0 aromatic carbocycles. The highest BCUT2D eigenvalue weighted by Crippen LogP contribution is 1.82. The maximum Gasteiger partial charge on any atom is 0.280 e. The number of nitrogens with one attached hydrogen (secondary N) is 1. The Bertz CT molecular complexity index is 189. The minimum absolute atomic E-state index is 0.135. The van der Waals surface area contributed by atoms with Crippen molar-refractivity contribution >= 4 is 10.1 Å². The maximum absolute atomic E-state index is 10.3. The van der Waals surface area contributed by atoms with E-state index in [0.717, 1.165) is 6.26 Å². The fourth-order valence-electron chi connectivity index (χ4n) is 0.302. The van der Waals surface area contributed by atoms with Crippen LogP contribution in [0, 0.1) is 0 Å². The van der Waals surface area contributed by atoms with Crippen molar-refractivity contribution in [3.63, 3.8) is 0 Å². The summed E-state index contributed by atoms with van der Waals surface area (Å²) in [5.74, 6) is 0. The van der Waals surface area contributed by atoms with Gasteiger partial charge in [0, 0.05) is 0 Å². The lowest BCUT2D eigenvalue weighted by molar-refractivity contribution is 0.0643. The minimum Gasteiger partial charge on any atom is -0.394 e. The van der Waals surface area contributed by atoms with Crippen LogP contribution in [0.15, 0.2) is 0 Å². The normalized spacial score (nSPS) is 14.8. The van der Waals surface area contributed by atoms with E-state index in [-0.39, 0.29) is 6.54 Å². The Hall–Kier alpha value is -0.210. The third-order valence-electron chi connectivity index (χ3n) is 0.740. The third kappa shape index (κ3) is 7.69. The number of hydrogen-bond acceptors (Lipinski definition) is 6. The van der Waals surface area contributed by atoms with Crippen LogP contribution in [0.5, 0.6) is 0 Å². The molecule has 0 aliphatic carbocycles. The second-order valence-corrected chi connectivity index (χ2v) is 3.55. The molecule has 3 N–H and O–H groups in total. The van der Waals surface area contributed by atoms with Gasteiger partial charge in [-0.15, -0.1) is 0 Å². The fourth-order valence-corrected chi connectivity index (χ4v) is 0.584. The first kappa shape index (κ1) is 10.8. The van der Waals surface area contributed by atoms with Crippen molar-refractivity contribution in [2.45, 2.75) is 6.10 Å². The molecule has 0 aliphatic heterocycles. The van der Waals surface area contributed by atoms with Crippen LogP contribution in [0.3, 0.4) is 0 Å². The van der Waals surface area contributed by atoms with Gasteiger partial charge in [0.2, 0.25) is 0 Å². The van der Waals surface area contributed by atoms with Crippen molar-refractivity contribution in [2.24, 2.45) is 0 Å². The lowest BCUT2D eigenvalue weighted by atomic mass is 10.4. The van der Waals surface area contributed by atoms with E-state index in [1.54, 1.807) is 0 Å². The molecule has 6 nitrogen and oxygen atoms in total. The van der Waals surface area contributed by atoms with Gasteiger partial charge in [-0.05, 0) is 0 Å². The highest BCUT2D eigenvalue weighted by molar-refractivity contribution is 7.85. The first-order valence-corrected chi connectivity index (χ1v) is 4.67. The van der Waals surface area contributed by atoms with E-state index >= 15 is 0 Å². The van der Waals surface area contributed by atoms with E-state index in [4.69, 9.17) is 10.2 Å². The summed E-state index contributed by atoms with van der Waals surface area (Å²) in [4.78, 5) is 0. The van der Waals surface area contributed by atoms with Gasteiger partial charge < -0.3 is 10.2 Å². The molecule has 1 unspecified atom stereocenters. The number of rotatable bonds is 5. The number of hydroxylamine groups is 1. The Morgan fingerprint density at radius 1 is 1.64 bits per heavy atom. The number of aliphatic hydroxyl groups excluding tert-OH is 2. The molecule has 0 bridgehead atoms. The van der Waals surface area contributed by atoms with Crippen LogP contribution in [0.25, 0.3) is 0 Å². The van der Waals surface area contributed by atoms with Crippen molar-refractivity contribution in [1.82, 2.24) is 5.48 Å². The Balaban J connectivity index is 3.43. The summed E-state index contributed by atoms with van der Waals surface area (Å²) in [5.41, 5.74) is 1.98. The molecule has 0 spiro atoms. The molecule has 0 aliphatic rings. The predicted octanol–water partition coefficient (Wildman–Crippen LogP) is -2.18. The molecule has 0 aromatic heterocycles. The standard InChI is InChI=1S/C4H11NO5S/c1-11(8,9)10-5-2-4(7)3-6/h4-7H,2-3H2,1H3. The molecule has 0 saturated heterocycles. The van der Waals surface area contributed by atoms with E-state index in [9.17, 15) is 8.42 Å². The maximum atomic E-state index is 10.3. The molecule has 11 heavy (non-hydrogen) atoms. The highest BCUT2D eigenvalue weighted by atomic mass is 32.2. The molecule has 0 saturated carbocycles. The summed E-state index contributed by atoms with van der Waals surface area (Å²) in [5, 5.41) is 16.9. The quantitative estimate of drug-likeness (QED) is 0.421. The fraction of sp³-hybridized carbons (Fsp3) is 1.00. The van der Waals surface area contributed by atoms with Crippen LogP contribution < -0.4 is 5.48 Å². The van der Waals surface area contributed by atoms with Gasteiger partial charge in [-0.2, -0.15) is 18.2 Å². The van der Waals surface area contributed by atoms with Crippen molar-refractivity contribution in [3.8, 4) is 0 Å². The highest BCUT2D eigenvalue weighted by Gasteiger charge is 2.04. The molecule has 0 heterocycles. The summed E-state index contributed by atoms with van der Waals surface area (Å²) in [7, 11) is -3.53. The zero-order valence-corrected chi connectivity index (χ0v) is 6.84. The second kappa shape index (κ2) is 4.62. The van der Waals surface area contributed by atoms with Crippen LogP contribution in [0.4, 0.5) is 0 Å². The molecular formula is C4H11NO5S. The van der Waals surface area contributed by atoms with Gasteiger partial charge in [0.1, 0.15) is 0 Å². The predicted molar refractivity (Wildman–Crippen MR) is 37.0 cm³/mol. The molecule has 7 heteroatoms. The van der Waals surface area contributed by atoms with Crippen LogP contribution in [-0.2, 0) is 14.4 Å². The van der Waals surface area contributed by atoms with Gasteiger partial charge in [0.05, 0.1) is 25.5 Å². The van der Waals surface area contributed by atoms with E-state index in [2.05, 4.69) is 4.28 Å². The van der Waals surface area contributed by atoms with Crippen LogP contribution >= 0.6 is 0 Å². The van der Waals surface area contributed by atoms with Gasteiger partial charge in [-0.25, -0.2) is 0 Å². The summed E-state index contributed by atoms with van der Waals surface area (Å²) in [6.07, 6.45) is -0.151. The van der Waals surface area contributed by atoms with E-state index < -0.39 is 22.8 Å². The lowest BCUT2D eigenvalue weighted by Crippen LogP contribution is -2.31. The van der Waals surface area contributed by atoms with Gasteiger partial charge in [0.25, 0.3) is 10.1 Å². The molecular weight excluding hydrogens is 174 g/mol. The van der Waals surface area contributed by atoms with Gasteiger partial charge in [-0.1, -0.05) is 0 Å². The molecule has 0 aromatic rings. The first-order chi connectivity index (χ1) is 4.95. The zero-order valence-electron chi connectivity index (χ0n) is 6.02. The topological polar surface area (TPSA) is 95.9 Å². The summed E-state index contributed by atoms with van der Waals surface area (Å²) in [6.45, 7) is -0.580. The monoisotopic (exact) mass is 185 g/mol. The first-order valence-electron chi connectivity index (χ1n) is 2.86. The molecule has 1 atom stereocenters. The second-order valence-electron chi connectivity index (χ2n) is 1.97. The molecule has 0 radical (unpaired) electrons. The summed E-state index contributed by atoms with van der Waals surface area (Å²) in [6, 6.07) is 0. The lowest BCUT2D eigenvalue weighted by Gasteiger charge is -2.06. The van der Waals surface area contributed by atoms with E-state index in [0.29, 0.717) is 0 Å². The smallest absolute Gasteiger partial charge is 0.280 e. The SMILES string of the molecule is CS(=O)(=O)ONCC(O)CO. The van der Waals surface area contributed by atoms with Crippen molar-refractivity contribution in [1.29, 1.82) is 0 Å². The summed E-state index contributed by atoms with van der Waals surface area (Å²) >= 11 is 0. The Morgan fingerprint density at radius 2 is 2.18 bits per heavy atom. The Kier molecular flexibility index (Phi) is 4.54. The number of aliphatic hydroxyl groups is 2.